The number of nitrogens with one attached hydrogen (secondary N) is 10. The first-order valence-electron chi connectivity index (χ1n) is 32.6. The van der Waals surface area contributed by atoms with Crippen LogP contribution in [0.2, 0.25) is 0 Å². The zero-order valence-electron chi connectivity index (χ0n) is 54.4. The number of amides is 10. The molecular formula is C61H109N17O13S2. The number of carbonyl (C=O) groups is 11. The zero-order chi connectivity index (χ0) is 69.3. The van der Waals surface area contributed by atoms with Gasteiger partial charge in [-0.05, 0) is 173 Å². The van der Waals surface area contributed by atoms with Gasteiger partial charge in [0.1, 0.15) is 60.4 Å². The van der Waals surface area contributed by atoms with E-state index in [0.717, 1.165) is 21.6 Å². The number of hydrogen-bond acceptors (Lipinski definition) is 21. The predicted octanol–water partition coefficient (Wildman–Crippen LogP) is -2.92. The van der Waals surface area contributed by atoms with Gasteiger partial charge < -0.3 is 104 Å². The molecule has 10 amide bonds. The highest BCUT2D eigenvalue weighted by molar-refractivity contribution is 8.76. The first-order chi connectivity index (χ1) is 44.4. The molecule has 0 aromatic heterocycles. The molecule has 0 radical (unpaired) electrons. The van der Waals surface area contributed by atoms with Crippen molar-refractivity contribution < 1.29 is 63.0 Å². The smallest absolute Gasteiger partial charge is 0.327 e. The van der Waals surface area contributed by atoms with Crippen LogP contribution in [0.4, 0.5) is 0 Å². The Kier molecular flexibility index (Phi) is 42.4. The van der Waals surface area contributed by atoms with Crippen molar-refractivity contribution in [1.82, 2.24) is 53.2 Å². The molecule has 1 aliphatic rings. The zero-order valence-corrected chi connectivity index (χ0v) is 56.1. The highest BCUT2D eigenvalue weighted by Crippen LogP contribution is 2.24. The summed E-state index contributed by atoms with van der Waals surface area (Å²) >= 11 is 0. The molecule has 1 aromatic rings. The fraction of sp³-hybridized carbons (Fsp3) is 0.721. The first kappa shape index (κ1) is 82.9. The van der Waals surface area contributed by atoms with Crippen LogP contribution in [0.5, 0.6) is 0 Å². The minimum atomic E-state index is -1.70. The molecule has 4 unspecified atom stereocenters. The molecule has 2 rings (SSSR count). The van der Waals surface area contributed by atoms with Crippen LogP contribution >= 0.6 is 21.6 Å². The summed E-state index contributed by atoms with van der Waals surface area (Å²) < 4.78 is 0. The van der Waals surface area contributed by atoms with Crippen LogP contribution in [0.25, 0.3) is 0 Å². The van der Waals surface area contributed by atoms with Gasteiger partial charge in [-0.1, -0.05) is 72.2 Å². The van der Waals surface area contributed by atoms with Gasteiger partial charge in [-0.15, -0.1) is 0 Å². The lowest BCUT2D eigenvalue weighted by Crippen LogP contribution is -2.62. The normalized spacial score (nSPS) is 21.6. The summed E-state index contributed by atoms with van der Waals surface area (Å²) in [7, 11) is 1.82. The van der Waals surface area contributed by atoms with E-state index in [1.807, 2.05) is 13.8 Å². The Morgan fingerprint density at radius 1 is 0.495 bits per heavy atom. The molecule has 0 saturated carbocycles. The third kappa shape index (κ3) is 33.1. The van der Waals surface area contributed by atoms with Gasteiger partial charge >= 0.3 is 5.97 Å². The van der Waals surface area contributed by atoms with E-state index in [1.165, 1.54) is 6.92 Å². The predicted molar refractivity (Wildman–Crippen MR) is 359 cm³/mol. The average Bonchev–Trinajstić information content (AvgIpc) is 1.48. The Morgan fingerprint density at radius 3 is 1.39 bits per heavy atom. The second-order valence-corrected chi connectivity index (χ2v) is 26.4. The standard InChI is InChI=1S/C61H109N17O13S2/c1-37(2)33-46-57(86)71-41(22-8-14-28-63)52(81)70-43(24-10-16-30-65)55(84)77-49(61(90)91)36-93-92-35-48(59(88)72-42(23-9-15-29-64)53(82)75-47(58(87)74-46)34-39-19-5-4-6-20-39)76-54(83)44(25-11-17-31-66)73-60(89)50(38(3)79)78-56(85)45(26-12-18-32-67)69-51(80)40(68)21-7-13-27-62/h4-6,19-20,37-38,40-50,79H,7-18,21-36,62-68H2,1-3H3,(H,69,80)(H,70,81)(H,71,86)(H,72,88)(H,73,89)(H,74,87)(H,75,82)(H,76,83)(H,77,84)(H,78,85)(H,90,91)/t38-,40+,41?,42+,43+,44+,45+,46?,47?,48?,49+,50+/m1/s1. The molecule has 93 heavy (non-hydrogen) atoms. The van der Waals surface area contributed by atoms with Crippen LogP contribution in [-0.4, -0.2) is 199 Å². The minimum absolute atomic E-state index is 0.0282. The molecule has 1 heterocycles. The maximum absolute atomic E-state index is 14.9. The Morgan fingerprint density at radius 2 is 0.903 bits per heavy atom. The number of rotatable bonds is 38. The summed E-state index contributed by atoms with van der Waals surface area (Å²) in [5.74, 6) is -10.6. The number of aliphatic hydroxyl groups is 1. The maximum atomic E-state index is 14.9. The van der Waals surface area contributed by atoms with E-state index in [-0.39, 0.29) is 108 Å². The lowest BCUT2D eigenvalue weighted by atomic mass is 9.99. The number of carboxylic acid groups (broad SMARTS) is 1. The molecule has 32 heteroatoms. The van der Waals surface area contributed by atoms with Gasteiger partial charge in [0.2, 0.25) is 59.1 Å². The molecule has 1 aliphatic heterocycles. The van der Waals surface area contributed by atoms with E-state index in [4.69, 9.17) is 40.1 Å². The van der Waals surface area contributed by atoms with Crippen molar-refractivity contribution in [3.63, 3.8) is 0 Å². The number of aliphatic hydroxyl groups excluding tert-OH is 1. The Labute approximate surface area is 554 Å². The number of carboxylic acids is 1. The van der Waals surface area contributed by atoms with Gasteiger partial charge in [0.15, 0.2) is 0 Å². The fourth-order valence-corrected chi connectivity index (χ4v) is 12.2. The molecule has 0 spiro atoms. The molecule has 1 fully saturated rings. The van der Waals surface area contributed by atoms with Crippen LogP contribution in [-0.2, 0) is 59.2 Å². The topological polar surface area (TPSA) is 531 Å². The van der Waals surface area contributed by atoms with Gasteiger partial charge in [-0.3, -0.25) is 47.9 Å². The number of hydrogen-bond donors (Lipinski definition) is 19. The molecule has 1 aromatic carbocycles. The largest absolute Gasteiger partial charge is 0.480 e. The van der Waals surface area contributed by atoms with Crippen LogP contribution in [0.3, 0.4) is 0 Å². The summed E-state index contributed by atoms with van der Waals surface area (Å²) in [5, 5.41) is 48.2. The number of aliphatic carboxylic acids is 1. The van der Waals surface area contributed by atoms with Crippen molar-refractivity contribution in [2.45, 2.75) is 222 Å². The SMILES string of the molecule is CC(C)CC1NC(=O)C(Cc2ccccc2)NC(=O)[C@H](CCCCN)NC(=O)C(NC(=O)[C@H](CCCCN)NC(=O)[C@@H](NC(=O)[C@H](CCCCN)NC(=O)[C@@H](N)CCCCN)[C@@H](C)O)CSSC[C@@H](C(=O)O)NC(=O)[C@H](CCCCN)NC(=O)C(CCCCN)NC1=O. The van der Waals surface area contributed by atoms with Crippen LogP contribution in [0.15, 0.2) is 30.3 Å². The molecule has 12 atom stereocenters. The summed E-state index contributed by atoms with van der Waals surface area (Å²) in [6.45, 7) is 6.48. The monoisotopic (exact) mass is 1350 g/mol. The maximum Gasteiger partial charge on any atom is 0.327 e. The van der Waals surface area contributed by atoms with Gasteiger partial charge in [0.05, 0.1) is 12.1 Å². The van der Waals surface area contributed by atoms with Gasteiger partial charge in [-0.2, -0.15) is 0 Å². The molecule has 1 saturated heterocycles. The van der Waals surface area contributed by atoms with Crippen molar-refractivity contribution in [2.24, 2.45) is 46.1 Å². The molecule has 30 nitrogen and oxygen atoms in total. The molecule has 26 N–H and O–H groups in total. The van der Waals surface area contributed by atoms with Crippen LogP contribution in [0, 0.1) is 5.92 Å². The second kappa shape index (κ2) is 47.6. The van der Waals surface area contributed by atoms with E-state index in [9.17, 15) is 63.0 Å². The Balaban J connectivity index is 2.81. The number of nitrogens with two attached hydrogens (primary N) is 7. The van der Waals surface area contributed by atoms with Gasteiger partial charge in [0.25, 0.3) is 0 Å². The van der Waals surface area contributed by atoms with Crippen molar-refractivity contribution >= 4 is 86.6 Å². The second-order valence-electron chi connectivity index (χ2n) is 23.8. The molecule has 0 aliphatic carbocycles. The van der Waals surface area contributed by atoms with Crippen molar-refractivity contribution in [3.8, 4) is 0 Å². The minimum Gasteiger partial charge on any atom is -0.480 e. The van der Waals surface area contributed by atoms with Gasteiger partial charge in [0, 0.05) is 17.9 Å². The summed E-state index contributed by atoms with van der Waals surface area (Å²) in [6.07, 6.45) is 3.81. The third-order valence-electron chi connectivity index (χ3n) is 15.3. The third-order valence-corrected chi connectivity index (χ3v) is 17.7. The van der Waals surface area contributed by atoms with Crippen molar-refractivity contribution in [2.75, 3.05) is 50.8 Å². The number of benzene rings is 1. The summed E-state index contributed by atoms with van der Waals surface area (Å²) in [4.78, 5) is 156. The van der Waals surface area contributed by atoms with E-state index in [2.05, 4.69) is 53.2 Å². The number of unbranched alkanes of at least 4 members (excludes halogenated alkanes) is 6. The van der Waals surface area contributed by atoms with Crippen LogP contribution < -0.4 is 93.3 Å². The lowest BCUT2D eigenvalue weighted by Gasteiger charge is -2.29. The lowest BCUT2D eigenvalue weighted by molar-refractivity contribution is -0.141. The number of carbonyl (C=O) groups excluding carboxylic acids is 10. The average molecular weight is 1350 g/mol. The Bertz CT molecular complexity index is 2460. The van der Waals surface area contributed by atoms with E-state index >= 15 is 0 Å². The highest BCUT2D eigenvalue weighted by Gasteiger charge is 2.38. The van der Waals surface area contributed by atoms with Gasteiger partial charge in [-0.25, -0.2) is 4.79 Å². The van der Waals surface area contributed by atoms with Crippen molar-refractivity contribution in [1.29, 1.82) is 0 Å². The van der Waals surface area contributed by atoms with E-state index in [0.29, 0.717) is 82.7 Å². The van der Waals surface area contributed by atoms with Crippen molar-refractivity contribution in [3.05, 3.63) is 35.9 Å². The van der Waals surface area contributed by atoms with E-state index < -0.39 is 138 Å². The fourth-order valence-electron chi connectivity index (χ4n) is 9.91. The molecule has 528 valence electrons. The van der Waals surface area contributed by atoms with E-state index in [1.54, 1.807) is 30.3 Å². The first-order valence-corrected chi connectivity index (χ1v) is 35.1. The molecular weight excluding hydrogens is 1240 g/mol. The quantitative estimate of drug-likeness (QED) is 0.0233. The summed E-state index contributed by atoms with van der Waals surface area (Å²) in [5.41, 5.74) is 41.4. The molecule has 0 bridgehead atoms. The highest BCUT2D eigenvalue weighted by atomic mass is 33.1. The Hall–Kier alpha value is -6.23. The summed E-state index contributed by atoms with van der Waals surface area (Å²) in [6, 6.07) is -6.40. The van der Waals surface area contributed by atoms with Crippen LogP contribution in [0.1, 0.15) is 148 Å².